The summed E-state index contributed by atoms with van der Waals surface area (Å²) in [5.41, 5.74) is 0.995. The molecule has 0 spiro atoms. The zero-order valence-electron chi connectivity index (χ0n) is 11.3. The van der Waals surface area contributed by atoms with Gasteiger partial charge in [0, 0.05) is 24.2 Å². The zero-order chi connectivity index (χ0) is 13.7. The van der Waals surface area contributed by atoms with E-state index in [2.05, 4.69) is 0 Å². The Labute approximate surface area is 120 Å². The van der Waals surface area contributed by atoms with Crippen LogP contribution in [0.2, 0.25) is 5.02 Å². The summed E-state index contributed by atoms with van der Waals surface area (Å²) in [6.45, 7) is 0. The van der Waals surface area contributed by atoms with Crippen LogP contribution in [0.4, 0.5) is 0 Å². The SMILES string of the molecule is CN(C(=O)/C=C/c1ccc(Cl)cc1)C1CCCCC1. The summed E-state index contributed by atoms with van der Waals surface area (Å²) >= 11 is 5.83. The van der Waals surface area contributed by atoms with Crippen LogP contribution in [0.1, 0.15) is 37.7 Å². The lowest BCUT2D eigenvalue weighted by atomic mass is 9.94. The standard InChI is InChI=1S/C16H20ClNO/c1-18(15-5-3-2-4-6-15)16(19)12-9-13-7-10-14(17)11-8-13/h7-12,15H,2-6H2,1H3/b12-9+. The average molecular weight is 278 g/mol. The van der Waals surface area contributed by atoms with Crippen molar-refractivity contribution in [3.05, 3.63) is 40.9 Å². The van der Waals surface area contributed by atoms with Gasteiger partial charge in [-0.2, -0.15) is 0 Å². The molecule has 2 nitrogen and oxygen atoms in total. The summed E-state index contributed by atoms with van der Waals surface area (Å²) in [5, 5.41) is 0.711. The Balaban J connectivity index is 1.93. The number of rotatable bonds is 3. The quantitative estimate of drug-likeness (QED) is 0.760. The Morgan fingerprint density at radius 2 is 1.84 bits per heavy atom. The van der Waals surface area contributed by atoms with E-state index in [9.17, 15) is 4.79 Å². The average Bonchev–Trinajstić information content (AvgIpc) is 2.46. The maximum Gasteiger partial charge on any atom is 0.246 e. The highest BCUT2D eigenvalue weighted by Gasteiger charge is 2.20. The number of amides is 1. The van der Waals surface area contributed by atoms with Gasteiger partial charge in [-0.15, -0.1) is 0 Å². The van der Waals surface area contributed by atoms with E-state index in [1.165, 1.54) is 19.3 Å². The Hall–Kier alpha value is -1.28. The molecule has 0 bridgehead atoms. The number of carbonyl (C=O) groups excluding carboxylic acids is 1. The third-order valence-corrected chi connectivity index (χ3v) is 4.01. The van der Waals surface area contributed by atoms with Gasteiger partial charge in [-0.1, -0.05) is 43.0 Å². The first-order valence-corrected chi connectivity index (χ1v) is 7.25. The van der Waals surface area contributed by atoms with E-state index in [0.717, 1.165) is 18.4 Å². The molecule has 1 aliphatic carbocycles. The number of hydrogen-bond acceptors (Lipinski definition) is 1. The summed E-state index contributed by atoms with van der Waals surface area (Å²) in [7, 11) is 1.91. The van der Waals surface area contributed by atoms with Gasteiger partial charge < -0.3 is 4.90 Å². The minimum absolute atomic E-state index is 0.0850. The second-order valence-corrected chi connectivity index (χ2v) is 5.56. The van der Waals surface area contributed by atoms with Crippen molar-refractivity contribution >= 4 is 23.6 Å². The van der Waals surface area contributed by atoms with E-state index in [4.69, 9.17) is 11.6 Å². The number of halogens is 1. The second kappa shape index (κ2) is 6.76. The Bertz CT molecular complexity index is 446. The van der Waals surface area contributed by atoms with E-state index >= 15 is 0 Å². The van der Waals surface area contributed by atoms with Gasteiger partial charge in [-0.05, 0) is 36.6 Å². The van der Waals surface area contributed by atoms with Crippen LogP contribution in [-0.4, -0.2) is 23.9 Å². The summed E-state index contributed by atoms with van der Waals surface area (Å²) in [4.78, 5) is 14.0. The molecule has 0 N–H and O–H groups in total. The van der Waals surface area contributed by atoms with Crippen LogP contribution in [0.15, 0.2) is 30.3 Å². The number of nitrogens with zero attached hydrogens (tertiary/aromatic N) is 1. The monoisotopic (exact) mass is 277 g/mol. The molecule has 0 radical (unpaired) electrons. The van der Waals surface area contributed by atoms with Gasteiger partial charge >= 0.3 is 0 Å². The fourth-order valence-electron chi connectivity index (χ4n) is 2.51. The fraction of sp³-hybridized carbons (Fsp3) is 0.438. The van der Waals surface area contributed by atoms with Crippen molar-refractivity contribution in [2.75, 3.05) is 7.05 Å². The van der Waals surface area contributed by atoms with Gasteiger partial charge in [0.25, 0.3) is 0 Å². The molecule has 1 aliphatic rings. The normalized spacial score (nSPS) is 16.7. The highest BCUT2D eigenvalue weighted by Crippen LogP contribution is 2.21. The smallest absolute Gasteiger partial charge is 0.246 e. The van der Waals surface area contributed by atoms with Gasteiger partial charge in [-0.3, -0.25) is 4.79 Å². The van der Waals surface area contributed by atoms with Crippen LogP contribution >= 0.6 is 11.6 Å². The maximum absolute atomic E-state index is 12.1. The number of carbonyl (C=O) groups is 1. The van der Waals surface area contributed by atoms with Crippen LogP contribution in [0, 0.1) is 0 Å². The minimum Gasteiger partial charge on any atom is -0.339 e. The number of hydrogen-bond donors (Lipinski definition) is 0. The lowest BCUT2D eigenvalue weighted by Gasteiger charge is -2.30. The molecule has 0 aromatic heterocycles. The lowest BCUT2D eigenvalue weighted by Crippen LogP contribution is -2.37. The Morgan fingerprint density at radius 3 is 2.47 bits per heavy atom. The molecule has 0 unspecified atom stereocenters. The van der Waals surface area contributed by atoms with Crippen molar-refractivity contribution in [1.29, 1.82) is 0 Å². The third-order valence-electron chi connectivity index (χ3n) is 3.76. The largest absolute Gasteiger partial charge is 0.339 e. The number of likely N-dealkylation sites (N-methyl/N-ethyl adjacent to an activating group) is 1. The molecule has 102 valence electrons. The van der Waals surface area contributed by atoms with Crippen LogP contribution in [0.5, 0.6) is 0 Å². The maximum atomic E-state index is 12.1. The van der Waals surface area contributed by atoms with Crippen molar-refractivity contribution < 1.29 is 4.79 Å². The summed E-state index contributed by atoms with van der Waals surface area (Å²) in [5.74, 6) is 0.0850. The lowest BCUT2D eigenvalue weighted by molar-refractivity contribution is -0.127. The van der Waals surface area contributed by atoms with Gasteiger partial charge in [0.05, 0.1) is 0 Å². The van der Waals surface area contributed by atoms with E-state index in [1.54, 1.807) is 6.08 Å². The molecule has 0 heterocycles. The highest BCUT2D eigenvalue weighted by molar-refractivity contribution is 6.30. The summed E-state index contributed by atoms with van der Waals surface area (Å²) in [6, 6.07) is 7.89. The van der Waals surface area contributed by atoms with Crippen molar-refractivity contribution in [3.8, 4) is 0 Å². The third kappa shape index (κ3) is 4.10. The molecule has 1 amide bonds. The van der Waals surface area contributed by atoms with Crippen LogP contribution in [0.25, 0.3) is 6.08 Å². The van der Waals surface area contributed by atoms with Crippen molar-refractivity contribution in [1.82, 2.24) is 4.90 Å². The number of benzene rings is 1. The Kier molecular flexibility index (Phi) is 5.03. The zero-order valence-corrected chi connectivity index (χ0v) is 12.1. The molecule has 1 aromatic rings. The van der Waals surface area contributed by atoms with Gasteiger partial charge in [0.1, 0.15) is 0 Å². The van der Waals surface area contributed by atoms with Crippen molar-refractivity contribution in [2.45, 2.75) is 38.1 Å². The van der Waals surface area contributed by atoms with E-state index < -0.39 is 0 Å². The van der Waals surface area contributed by atoms with Gasteiger partial charge in [0.15, 0.2) is 0 Å². The molecule has 19 heavy (non-hydrogen) atoms. The molecular weight excluding hydrogens is 258 g/mol. The first-order chi connectivity index (χ1) is 9.16. The Morgan fingerprint density at radius 1 is 1.21 bits per heavy atom. The second-order valence-electron chi connectivity index (χ2n) is 5.13. The van der Waals surface area contributed by atoms with Crippen LogP contribution in [0.3, 0.4) is 0 Å². The van der Waals surface area contributed by atoms with E-state index in [0.29, 0.717) is 11.1 Å². The minimum atomic E-state index is 0.0850. The summed E-state index contributed by atoms with van der Waals surface area (Å²) in [6.07, 6.45) is 9.55. The molecule has 0 aliphatic heterocycles. The van der Waals surface area contributed by atoms with Crippen molar-refractivity contribution in [2.24, 2.45) is 0 Å². The highest BCUT2D eigenvalue weighted by atomic mass is 35.5. The predicted molar refractivity (Wildman–Crippen MR) is 80.1 cm³/mol. The van der Waals surface area contributed by atoms with E-state index in [-0.39, 0.29) is 5.91 Å². The van der Waals surface area contributed by atoms with Crippen LogP contribution < -0.4 is 0 Å². The predicted octanol–water partition coefficient (Wildman–Crippen LogP) is 4.14. The molecule has 1 saturated carbocycles. The van der Waals surface area contributed by atoms with E-state index in [1.807, 2.05) is 42.3 Å². The fourth-order valence-corrected chi connectivity index (χ4v) is 2.63. The van der Waals surface area contributed by atoms with Crippen molar-refractivity contribution in [3.63, 3.8) is 0 Å². The first kappa shape index (κ1) is 14.1. The molecule has 2 rings (SSSR count). The van der Waals surface area contributed by atoms with Gasteiger partial charge in [-0.25, -0.2) is 0 Å². The molecule has 1 fully saturated rings. The first-order valence-electron chi connectivity index (χ1n) is 6.87. The summed E-state index contributed by atoms with van der Waals surface area (Å²) < 4.78 is 0. The molecule has 1 aromatic carbocycles. The molecule has 0 saturated heterocycles. The van der Waals surface area contributed by atoms with Crippen LogP contribution in [-0.2, 0) is 4.79 Å². The van der Waals surface area contributed by atoms with Gasteiger partial charge in [0.2, 0.25) is 5.91 Å². The topological polar surface area (TPSA) is 20.3 Å². The molecular formula is C16H20ClNO. The molecule has 3 heteroatoms. The molecule has 0 atom stereocenters.